The molecule has 1 aromatic carbocycles. The van der Waals surface area contributed by atoms with Crippen molar-refractivity contribution >= 4 is 11.9 Å². The smallest absolute Gasteiger partial charge is 0.303 e. The molecule has 20 heavy (non-hydrogen) atoms. The summed E-state index contributed by atoms with van der Waals surface area (Å²) < 4.78 is 0. The molecule has 1 saturated heterocycles. The van der Waals surface area contributed by atoms with Gasteiger partial charge in [-0.1, -0.05) is 6.07 Å². The zero-order chi connectivity index (χ0) is 14.7. The monoisotopic (exact) mass is 277 g/mol. The first-order valence-corrected chi connectivity index (χ1v) is 6.78. The highest BCUT2D eigenvalue weighted by molar-refractivity contribution is 5.97. The number of phenolic OH excluding ortho intramolecular Hbond substituents is 1. The number of carboxylic acids is 1. The summed E-state index contributed by atoms with van der Waals surface area (Å²) in [5, 5.41) is 18.7. The van der Waals surface area contributed by atoms with Crippen LogP contribution in [0.3, 0.4) is 0 Å². The zero-order valence-corrected chi connectivity index (χ0v) is 11.5. The lowest BCUT2D eigenvalue weighted by atomic mass is 9.94. The van der Waals surface area contributed by atoms with Crippen LogP contribution in [0.2, 0.25) is 0 Å². The van der Waals surface area contributed by atoms with E-state index >= 15 is 0 Å². The van der Waals surface area contributed by atoms with Crippen molar-refractivity contribution in [1.29, 1.82) is 0 Å². The quantitative estimate of drug-likeness (QED) is 0.886. The van der Waals surface area contributed by atoms with Gasteiger partial charge in [-0.3, -0.25) is 9.59 Å². The highest BCUT2D eigenvalue weighted by atomic mass is 16.4. The number of nitrogens with zero attached hydrogens (tertiary/aromatic N) is 1. The Morgan fingerprint density at radius 1 is 1.40 bits per heavy atom. The van der Waals surface area contributed by atoms with Crippen LogP contribution in [0.5, 0.6) is 5.75 Å². The van der Waals surface area contributed by atoms with Crippen LogP contribution in [0.25, 0.3) is 0 Å². The molecule has 1 atom stereocenters. The Hall–Kier alpha value is -2.04. The third-order valence-corrected chi connectivity index (χ3v) is 3.65. The highest BCUT2D eigenvalue weighted by Gasteiger charge is 2.27. The van der Waals surface area contributed by atoms with Gasteiger partial charge in [-0.2, -0.15) is 0 Å². The second-order valence-electron chi connectivity index (χ2n) is 5.38. The second-order valence-corrected chi connectivity index (χ2v) is 5.38. The van der Waals surface area contributed by atoms with Gasteiger partial charge in [0.1, 0.15) is 5.75 Å². The van der Waals surface area contributed by atoms with Crippen LogP contribution < -0.4 is 0 Å². The summed E-state index contributed by atoms with van der Waals surface area (Å²) in [7, 11) is 0. The predicted octanol–water partition coefficient (Wildman–Crippen LogP) is 2.03. The summed E-state index contributed by atoms with van der Waals surface area (Å²) >= 11 is 0. The molecule has 2 rings (SSSR count). The van der Waals surface area contributed by atoms with Crippen molar-refractivity contribution in [2.45, 2.75) is 26.2 Å². The standard InChI is InChI=1S/C15H19NO4/c1-10-4-5-12(13(17)7-10)15(20)16-6-2-3-11(9-16)8-14(18)19/h4-5,7,11,17H,2-3,6,8-9H2,1H3,(H,18,19). The summed E-state index contributed by atoms with van der Waals surface area (Å²) in [6.07, 6.45) is 1.72. The summed E-state index contributed by atoms with van der Waals surface area (Å²) in [4.78, 5) is 24.8. The van der Waals surface area contributed by atoms with Gasteiger partial charge in [0.05, 0.1) is 5.56 Å². The van der Waals surface area contributed by atoms with E-state index < -0.39 is 5.97 Å². The molecule has 1 aliphatic rings. The largest absolute Gasteiger partial charge is 0.507 e. The number of aromatic hydroxyl groups is 1. The number of likely N-dealkylation sites (tertiary alicyclic amines) is 1. The lowest BCUT2D eigenvalue weighted by molar-refractivity contribution is -0.138. The molecule has 1 unspecified atom stereocenters. The van der Waals surface area contributed by atoms with Crippen LogP contribution in [-0.4, -0.2) is 40.1 Å². The van der Waals surface area contributed by atoms with E-state index in [0.717, 1.165) is 18.4 Å². The predicted molar refractivity (Wildman–Crippen MR) is 73.7 cm³/mol. The van der Waals surface area contributed by atoms with Gasteiger partial charge in [-0.15, -0.1) is 0 Å². The lowest BCUT2D eigenvalue weighted by Crippen LogP contribution is -2.40. The Balaban J connectivity index is 2.10. The number of carbonyl (C=O) groups is 2. The van der Waals surface area contributed by atoms with Gasteiger partial charge < -0.3 is 15.1 Å². The van der Waals surface area contributed by atoms with Crippen LogP contribution in [0, 0.1) is 12.8 Å². The number of aliphatic carboxylic acids is 1. The van der Waals surface area contributed by atoms with Gasteiger partial charge in [0.2, 0.25) is 0 Å². The van der Waals surface area contributed by atoms with Crippen LogP contribution in [0.4, 0.5) is 0 Å². The van der Waals surface area contributed by atoms with Gasteiger partial charge in [0.25, 0.3) is 5.91 Å². The van der Waals surface area contributed by atoms with Crippen molar-refractivity contribution in [3.63, 3.8) is 0 Å². The third kappa shape index (κ3) is 3.29. The van der Waals surface area contributed by atoms with E-state index in [1.54, 1.807) is 23.1 Å². The molecule has 1 aromatic rings. The molecule has 0 radical (unpaired) electrons. The minimum Gasteiger partial charge on any atom is -0.507 e. The van der Waals surface area contributed by atoms with Crippen molar-refractivity contribution in [2.75, 3.05) is 13.1 Å². The molecular weight excluding hydrogens is 258 g/mol. The van der Waals surface area contributed by atoms with Gasteiger partial charge in [-0.05, 0) is 43.4 Å². The Labute approximate surface area is 117 Å². The van der Waals surface area contributed by atoms with Crippen LogP contribution in [-0.2, 0) is 4.79 Å². The SMILES string of the molecule is Cc1ccc(C(=O)N2CCCC(CC(=O)O)C2)c(O)c1. The third-order valence-electron chi connectivity index (χ3n) is 3.65. The van der Waals surface area contributed by atoms with Crippen molar-refractivity contribution in [2.24, 2.45) is 5.92 Å². The summed E-state index contributed by atoms with van der Waals surface area (Å²) in [5.41, 5.74) is 1.17. The number of hydrogen-bond donors (Lipinski definition) is 2. The summed E-state index contributed by atoms with van der Waals surface area (Å²) in [5.74, 6) is -1.08. The molecule has 0 saturated carbocycles. The number of piperidine rings is 1. The molecule has 108 valence electrons. The van der Waals surface area contributed by atoms with Gasteiger partial charge in [0, 0.05) is 19.5 Å². The van der Waals surface area contributed by atoms with E-state index in [4.69, 9.17) is 5.11 Å². The van der Waals surface area contributed by atoms with Crippen LogP contribution in [0.15, 0.2) is 18.2 Å². The number of carboxylic acid groups (broad SMARTS) is 1. The molecule has 5 nitrogen and oxygen atoms in total. The first-order valence-electron chi connectivity index (χ1n) is 6.78. The number of carbonyl (C=O) groups excluding carboxylic acids is 1. The molecule has 1 aliphatic heterocycles. The molecule has 1 amide bonds. The molecular formula is C15H19NO4. The van der Waals surface area contributed by atoms with Gasteiger partial charge >= 0.3 is 5.97 Å². The first-order chi connectivity index (χ1) is 9.47. The number of benzene rings is 1. The van der Waals surface area contributed by atoms with E-state index in [2.05, 4.69) is 0 Å². The number of aryl methyl sites for hydroxylation is 1. The molecule has 1 fully saturated rings. The fourth-order valence-electron chi connectivity index (χ4n) is 2.66. The molecule has 0 spiro atoms. The number of amides is 1. The van der Waals surface area contributed by atoms with E-state index in [9.17, 15) is 14.7 Å². The lowest BCUT2D eigenvalue weighted by Gasteiger charge is -2.32. The molecule has 0 aromatic heterocycles. The van der Waals surface area contributed by atoms with E-state index in [1.807, 2.05) is 6.92 Å². The van der Waals surface area contributed by atoms with Crippen LogP contribution >= 0.6 is 0 Å². The fourth-order valence-corrected chi connectivity index (χ4v) is 2.66. The number of rotatable bonds is 3. The van der Waals surface area contributed by atoms with E-state index in [0.29, 0.717) is 13.1 Å². The molecule has 2 N–H and O–H groups in total. The normalized spacial score (nSPS) is 18.9. The van der Waals surface area contributed by atoms with Crippen molar-refractivity contribution in [1.82, 2.24) is 4.90 Å². The first kappa shape index (κ1) is 14.4. The van der Waals surface area contributed by atoms with Gasteiger partial charge in [-0.25, -0.2) is 0 Å². The van der Waals surface area contributed by atoms with Crippen molar-refractivity contribution in [3.8, 4) is 5.75 Å². The van der Waals surface area contributed by atoms with E-state index in [-0.39, 0.29) is 29.6 Å². The molecule has 0 bridgehead atoms. The average Bonchev–Trinajstić information content (AvgIpc) is 2.37. The van der Waals surface area contributed by atoms with Crippen molar-refractivity contribution < 1.29 is 19.8 Å². The Kier molecular flexibility index (Phi) is 4.27. The Morgan fingerprint density at radius 3 is 2.80 bits per heavy atom. The minimum atomic E-state index is -0.831. The van der Waals surface area contributed by atoms with Crippen LogP contribution in [0.1, 0.15) is 35.2 Å². The molecule has 1 heterocycles. The minimum absolute atomic E-state index is 0.00205. The zero-order valence-electron chi connectivity index (χ0n) is 11.5. The number of hydrogen-bond acceptors (Lipinski definition) is 3. The number of phenols is 1. The fraction of sp³-hybridized carbons (Fsp3) is 0.467. The second kappa shape index (κ2) is 5.94. The highest BCUT2D eigenvalue weighted by Crippen LogP contribution is 2.25. The topological polar surface area (TPSA) is 77.8 Å². The van der Waals surface area contributed by atoms with Crippen molar-refractivity contribution in [3.05, 3.63) is 29.3 Å². The summed E-state index contributed by atoms with van der Waals surface area (Å²) in [6.45, 7) is 2.90. The molecule has 0 aliphatic carbocycles. The maximum atomic E-state index is 12.4. The maximum absolute atomic E-state index is 12.4. The Bertz CT molecular complexity index is 527. The van der Waals surface area contributed by atoms with E-state index in [1.165, 1.54) is 0 Å². The average molecular weight is 277 g/mol. The summed E-state index contributed by atoms with van der Waals surface area (Å²) in [6, 6.07) is 4.96. The Morgan fingerprint density at radius 2 is 2.15 bits per heavy atom. The maximum Gasteiger partial charge on any atom is 0.303 e. The van der Waals surface area contributed by atoms with Gasteiger partial charge in [0.15, 0.2) is 0 Å². The molecule has 5 heteroatoms.